The van der Waals surface area contributed by atoms with Crippen LogP contribution in [-0.2, 0) is 17.9 Å². The number of amides is 1. The molecule has 0 atom stereocenters. The molecule has 0 aliphatic heterocycles. The molecule has 0 saturated heterocycles. The summed E-state index contributed by atoms with van der Waals surface area (Å²) in [7, 11) is 0. The number of nitrogens with one attached hydrogen (secondary N) is 1. The summed E-state index contributed by atoms with van der Waals surface area (Å²) in [5.41, 5.74) is 5.91. The molecule has 8 nitrogen and oxygen atoms in total. The molecule has 0 fully saturated rings. The van der Waals surface area contributed by atoms with Crippen LogP contribution in [0.15, 0.2) is 40.1 Å². The molecule has 32 heavy (non-hydrogen) atoms. The molecule has 3 aromatic rings. The fourth-order valence-electron chi connectivity index (χ4n) is 3.65. The second-order valence-electron chi connectivity index (χ2n) is 8.37. The van der Waals surface area contributed by atoms with Crippen molar-refractivity contribution < 1.29 is 4.79 Å². The van der Waals surface area contributed by atoms with Gasteiger partial charge in [0.05, 0.1) is 0 Å². The first-order valence-electron chi connectivity index (χ1n) is 10.9. The summed E-state index contributed by atoms with van der Waals surface area (Å²) in [6.45, 7) is 6.78. The number of carbonyl (C=O) groups excluding carboxylic acids is 1. The fourth-order valence-corrected chi connectivity index (χ4v) is 3.82. The number of hydrogen-bond acceptors (Lipinski definition) is 4. The molecule has 2 aromatic heterocycles. The van der Waals surface area contributed by atoms with Crippen LogP contribution < -0.4 is 21.9 Å². The molecule has 0 bridgehead atoms. The largest absolute Gasteiger partial charge is 0.383 e. The topological polar surface area (TPSA) is 106 Å². The SMILES string of the molecule is CCCCn1c(N)c(N(CCC(C)C)C(=O)Cn2ccc3ccc(Cl)cc32)c(=O)[nH]c1=O. The highest BCUT2D eigenvalue weighted by molar-refractivity contribution is 6.31. The van der Waals surface area contributed by atoms with Crippen molar-refractivity contribution in [3.05, 3.63) is 56.3 Å². The van der Waals surface area contributed by atoms with Crippen molar-refractivity contribution in [2.75, 3.05) is 17.2 Å². The van der Waals surface area contributed by atoms with Crippen LogP contribution in [0.1, 0.15) is 40.0 Å². The second kappa shape index (κ2) is 10.1. The van der Waals surface area contributed by atoms with Crippen LogP contribution in [0.25, 0.3) is 10.9 Å². The highest BCUT2D eigenvalue weighted by atomic mass is 35.5. The number of halogens is 1. The highest BCUT2D eigenvalue weighted by Gasteiger charge is 2.25. The van der Waals surface area contributed by atoms with Crippen molar-refractivity contribution in [1.82, 2.24) is 14.1 Å². The number of nitrogens with two attached hydrogens (primary N) is 1. The summed E-state index contributed by atoms with van der Waals surface area (Å²) in [6, 6.07) is 7.39. The number of aromatic amines is 1. The lowest BCUT2D eigenvalue weighted by molar-refractivity contribution is -0.119. The van der Waals surface area contributed by atoms with Gasteiger partial charge in [0, 0.05) is 29.8 Å². The first-order chi connectivity index (χ1) is 15.2. The quantitative estimate of drug-likeness (QED) is 0.509. The zero-order valence-electron chi connectivity index (χ0n) is 18.7. The number of nitrogens with zero attached hydrogens (tertiary/aromatic N) is 3. The summed E-state index contributed by atoms with van der Waals surface area (Å²) in [5.74, 6) is 0.0357. The maximum atomic E-state index is 13.4. The molecule has 1 aromatic carbocycles. The molecule has 9 heteroatoms. The van der Waals surface area contributed by atoms with E-state index in [2.05, 4.69) is 4.98 Å². The fraction of sp³-hybridized carbons (Fsp3) is 0.435. The van der Waals surface area contributed by atoms with Crippen LogP contribution in [0.2, 0.25) is 5.02 Å². The molecule has 3 N–H and O–H groups in total. The van der Waals surface area contributed by atoms with Crippen molar-refractivity contribution in [2.24, 2.45) is 5.92 Å². The van der Waals surface area contributed by atoms with E-state index in [1.807, 2.05) is 39.1 Å². The molecule has 3 rings (SSSR count). The molecule has 1 amide bonds. The summed E-state index contributed by atoms with van der Waals surface area (Å²) < 4.78 is 3.13. The summed E-state index contributed by atoms with van der Waals surface area (Å²) in [4.78, 5) is 42.3. The zero-order chi connectivity index (χ0) is 23.4. The highest BCUT2D eigenvalue weighted by Crippen LogP contribution is 2.23. The van der Waals surface area contributed by atoms with E-state index < -0.39 is 11.2 Å². The van der Waals surface area contributed by atoms with Gasteiger partial charge in [0.15, 0.2) is 5.69 Å². The summed E-state index contributed by atoms with van der Waals surface area (Å²) >= 11 is 6.14. The van der Waals surface area contributed by atoms with Crippen molar-refractivity contribution in [3.8, 4) is 0 Å². The van der Waals surface area contributed by atoms with E-state index in [0.717, 1.165) is 23.7 Å². The number of unbranched alkanes of at least 4 members (excludes halogenated alkanes) is 1. The molecular formula is C23H30ClN5O3. The Labute approximate surface area is 191 Å². The van der Waals surface area contributed by atoms with Crippen LogP contribution in [0.3, 0.4) is 0 Å². The minimum Gasteiger partial charge on any atom is -0.383 e. The number of carbonyl (C=O) groups is 1. The number of hydrogen-bond donors (Lipinski definition) is 2. The van der Waals surface area contributed by atoms with Gasteiger partial charge in [-0.15, -0.1) is 0 Å². The molecule has 0 unspecified atom stereocenters. The van der Waals surface area contributed by atoms with Gasteiger partial charge in [0.25, 0.3) is 5.56 Å². The van der Waals surface area contributed by atoms with Gasteiger partial charge in [-0.1, -0.05) is 44.9 Å². The first-order valence-corrected chi connectivity index (χ1v) is 11.3. The minimum absolute atomic E-state index is 0.00883. The Balaban J connectivity index is 2.03. The van der Waals surface area contributed by atoms with E-state index in [1.54, 1.807) is 16.7 Å². The molecular weight excluding hydrogens is 430 g/mol. The van der Waals surface area contributed by atoms with E-state index in [-0.39, 0.29) is 24.0 Å². The summed E-state index contributed by atoms with van der Waals surface area (Å²) in [5, 5.41) is 1.53. The lowest BCUT2D eigenvalue weighted by Gasteiger charge is -2.25. The van der Waals surface area contributed by atoms with Gasteiger partial charge in [-0.05, 0) is 42.3 Å². The zero-order valence-corrected chi connectivity index (χ0v) is 19.5. The smallest absolute Gasteiger partial charge is 0.330 e. The van der Waals surface area contributed by atoms with E-state index >= 15 is 0 Å². The maximum Gasteiger partial charge on any atom is 0.330 e. The minimum atomic E-state index is -0.655. The van der Waals surface area contributed by atoms with Crippen LogP contribution in [0, 0.1) is 5.92 Å². The molecule has 0 radical (unpaired) electrons. The number of benzene rings is 1. The third-order valence-corrected chi connectivity index (χ3v) is 5.73. The maximum absolute atomic E-state index is 13.4. The Hall–Kier alpha value is -3.00. The van der Waals surface area contributed by atoms with Crippen LogP contribution in [0.4, 0.5) is 11.5 Å². The van der Waals surface area contributed by atoms with Crippen molar-refractivity contribution in [2.45, 2.75) is 53.1 Å². The Morgan fingerprint density at radius 1 is 1.25 bits per heavy atom. The standard InChI is InChI=1S/C23H30ClN5O3/c1-4-5-10-29-21(25)20(22(31)26-23(29)32)28(12-8-15(2)3)19(30)14-27-11-9-16-6-7-17(24)13-18(16)27/h6-7,9,11,13,15H,4-5,8,10,12,14,25H2,1-3H3,(H,26,31,32). The lowest BCUT2D eigenvalue weighted by atomic mass is 10.1. The van der Waals surface area contributed by atoms with Crippen molar-refractivity contribution in [3.63, 3.8) is 0 Å². The Kier molecular flexibility index (Phi) is 7.45. The number of anilines is 2. The van der Waals surface area contributed by atoms with Gasteiger partial charge in [-0.2, -0.15) is 0 Å². The normalized spacial score (nSPS) is 11.4. The van der Waals surface area contributed by atoms with Crippen LogP contribution in [-0.4, -0.2) is 26.6 Å². The molecule has 0 saturated carbocycles. The first kappa shape index (κ1) is 23.7. The predicted octanol–water partition coefficient (Wildman–Crippen LogP) is 3.61. The lowest BCUT2D eigenvalue weighted by Crippen LogP contribution is -2.43. The van der Waals surface area contributed by atoms with Gasteiger partial charge >= 0.3 is 5.69 Å². The van der Waals surface area contributed by atoms with Crippen LogP contribution >= 0.6 is 11.6 Å². The summed E-state index contributed by atoms with van der Waals surface area (Å²) in [6.07, 6.45) is 4.08. The number of aromatic nitrogens is 3. The number of nitrogen functional groups attached to an aromatic ring is 1. The average Bonchev–Trinajstić information content (AvgIpc) is 3.11. The van der Waals surface area contributed by atoms with Gasteiger partial charge in [-0.3, -0.25) is 19.1 Å². The third kappa shape index (κ3) is 5.07. The predicted molar refractivity (Wildman–Crippen MR) is 129 cm³/mol. The Morgan fingerprint density at radius 2 is 2.00 bits per heavy atom. The number of H-pyrrole nitrogens is 1. The second-order valence-corrected chi connectivity index (χ2v) is 8.81. The van der Waals surface area contributed by atoms with Crippen LogP contribution in [0.5, 0.6) is 0 Å². The monoisotopic (exact) mass is 459 g/mol. The Bertz CT molecular complexity index is 1220. The van der Waals surface area contributed by atoms with Crippen molar-refractivity contribution >= 4 is 39.9 Å². The van der Waals surface area contributed by atoms with E-state index in [9.17, 15) is 14.4 Å². The van der Waals surface area contributed by atoms with Gasteiger partial charge in [0.2, 0.25) is 5.91 Å². The van der Waals surface area contributed by atoms with E-state index in [0.29, 0.717) is 30.5 Å². The molecule has 172 valence electrons. The average molecular weight is 460 g/mol. The third-order valence-electron chi connectivity index (χ3n) is 5.49. The van der Waals surface area contributed by atoms with Gasteiger partial charge in [-0.25, -0.2) is 4.79 Å². The van der Waals surface area contributed by atoms with Gasteiger partial charge in [0.1, 0.15) is 12.4 Å². The van der Waals surface area contributed by atoms with E-state index in [4.69, 9.17) is 17.3 Å². The molecule has 0 aliphatic carbocycles. The van der Waals surface area contributed by atoms with E-state index in [1.165, 1.54) is 9.47 Å². The van der Waals surface area contributed by atoms with Gasteiger partial charge < -0.3 is 15.2 Å². The molecule has 2 heterocycles. The Morgan fingerprint density at radius 3 is 2.69 bits per heavy atom. The molecule has 0 spiro atoms. The van der Waals surface area contributed by atoms with Crippen molar-refractivity contribution in [1.29, 1.82) is 0 Å². The number of rotatable bonds is 9. The number of fused-ring (bicyclic) bond motifs is 1. The molecule has 0 aliphatic rings.